The van der Waals surface area contributed by atoms with Gasteiger partial charge in [0.2, 0.25) is 0 Å². The number of thiazole rings is 1. The molecule has 0 saturated heterocycles. The van der Waals surface area contributed by atoms with Crippen molar-refractivity contribution < 1.29 is 18.7 Å². The molecule has 0 aliphatic carbocycles. The molecule has 2 aromatic heterocycles. The maximum atomic E-state index is 12.5. The molecule has 0 spiro atoms. The molecule has 0 fully saturated rings. The molecule has 25 heavy (non-hydrogen) atoms. The Hall–Kier alpha value is -2.80. The molecular weight excluding hydrogens is 340 g/mol. The van der Waals surface area contributed by atoms with E-state index in [1.165, 1.54) is 11.3 Å². The molecule has 0 unspecified atom stereocenters. The largest absolute Gasteiger partial charge is 0.494 e. The van der Waals surface area contributed by atoms with Crippen molar-refractivity contribution in [3.63, 3.8) is 0 Å². The number of anilines is 1. The standard InChI is InChI=1S/C18H18N2O4S/c1-3-22-12-7-8-15(23-4-2)13(10-12)19-17(21)14-11-25-18(20-14)16-6-5-9-24-16/h5-11H,3-4H2,1-2H3,(H,19,21). The van der Waals surface area contributed by atoms with Gasteiger partial charge in [-0.25, -0.2) is 4.98 Å². The molecule has 1 amide bonds. The van der Waals surface area contributed by atoms with Crippen LogP contribution in [0.1, 0.15) is 24.3 Å². The normalized spacial score (nSPS) is 10.5. The Balaban J connectivity index is 1.81. The first-order chi connectivity index (χ1) is 12.2. The van der Waals surface area contributed by atoms with E-state index in [2.05, 4.69) is 10.3 Å². The minimum atomic E-state index is -0.316. The summed E-state index contributed by atoms with van der Waals surface area (Å²) in [4.78, 5) is 16.9. The number of nitrogens with one attached hydrogen (secondary N) is 1. The van der Waals surface area contributed by atoms with E-state index in [4.69, 9.17) is 13.9 Å². The van der Waals surface area contributed by atoms with Crippen LogP contribution in [0, 0.1) is 0 Å². The first kappa shape index (κ1) is 17.0. The van der Waals surface area contributed by atoms with Crippen molar-refractivity contribution >= 4 is 22.9 Å². The van der Waals surface area contributed by atoms with E-state index in [0.29, 0.717) is 46.9 Å². The van der Waals surface area contributed by atoms with Crippen LogP contribution in [-0.2, 0) is 0 Å². The number of carbonyl (C=O) groups is 1. The fourth-order valence-electron chi connectivity index (χ4n) is 2.22. The Kier molecular flexibility index (Phi) is 5.35. The molecule has 0 atom stereocenters. The number of hydrogen-bond acceptors (Lipinski definition) is 6. The van der Waals surface area contributed by atoms with Gasteiger partial charge >= 0.3 is 0 Å². The van der Waals surface area contributed by atoms with Gasteiger partial charge in [0.15, 0.2) is 10.8 Å². The molecule has 1 aromatic carbocycles. The van der Waals surface area contributed by atoms with Crippen LogP contribution in [0.15, 0.2) is 46.4 Å². The molecule has 0 bridgehead atoms. The molecule has 130 valence electrons. The molecule has 0 radical (unpaired) electrons. The summed E-state index contributed by atoms with van der Waals surface area (Å²) in [6, 6.07) is 8.91. The molecular formula is C18H18N2O4S. The van der Waals surface area contributed by atoms with Gasteiger partial charge in [0.1, 0.15) is 17.2 Å². The number of ether oxygens (including phenoxy) is 2. The zero-order valence-corrected chi connectivity index (χ0v) is 14.8. The quantitative estimate of drug-likeness (QED) is 0.675. The molecule has 3 rings (SSSR count). The topological polar surface area (TPSA) is 73.6 Å². The Bertz CT molecular complexity index is 843. The van der Waals surface area contributed by atoms with Crippen molar-refractivity contribution in [2.75, 3.05) is 18.5 Å². The van der Waals surface area contributed by atoms with E-state index in [0.717, 1.165) is 0 Å². The molecule has 0 aliphatic heterocycles. The lowest BCUT2D eigenvalue weighted by Crippen LogP contribution is -2.13. The van der Waals surface area contributed by atoms with Crippen molar-refractivity contribution in [2.24, 2.45) is 0 Å². The third kappa shape index (κ3) is 4.00. The number of rotatable bonds is 7. The van der Waals surface area contributed by atoms with Crippen LogP contribution in [0.2, 0.25) is 0 Å². The summed E-state index contributed by atoms with van der Waals surface area (Å²) < 4.78 is 16.4. The van der Waals surface area contributed by atoms with E-state index in [9.17, 15) is 4.79 Å². The Morgan fingerprint density at radius 1 is 1.24 bits per heavy atom. The average molecular weight is 358 g/mol. The molecule has 7 heteroatoms. The van der Waals surface area contributed by atoms with Crippen molar-refractivity contribution in [1.29, 1.82) is 0 Å². The third-order valence-corrected chi connectivity index (χ3v) is 4.14. The summed E-state index contributed by atoms with van der Waals surface area (Å²) in [7, 11) is 0. The highest BCUT2D eigenvalue weighted by molar-refractivity contribution is 7.13. The molecule has 0 aliphatic rings. The second-order valence-electron chi connectivity index (χ2n) is 4.99. The summed E-state index contributed by atoms with van der Waals surface area (Å²) in [5.74, 6) is 1.57. The number of amides is 1. The van der Waals surface area contributed by atoms with Crippen molar-refractivity contribution in [3.05, 3.63) is 47.7 Å². The van der Waals surface area contributed by atoms with Gasteiger partial charge in [-0.05, 0) is 38.1 Å². The summed E-state index contributed by atoms with van der Waals surface area (Å²) >= 11 is 1.35. The van der Waals surface area contributed by atoms with E-state index in [1.807, 2.05) is 19.9 Å². The van der Waals surface area contributed by atoms with E-state index < -0.39 is 0 Å². The Labute approximate surface area is 149 Å². The summed E-state index contributed by atoms with van der Waals surface area (Å²) in [5.41, 5.74) is 0.867. The maximum absolute atomic E-state index is 12.5. The van der Waals surface area contributed by atoms with E-state index in [1.54, 1.807) is 35.9 Å². The third-order valence-electron chi connectivity index (χ3n) is 3.28. The fraction of sp³-hybridized carbons (Fsp3) is 0.222. The highest BCUT2D eigenvalue weighted by Gasteiger charge is 2.16. The van der Waals surface area contributed by atoms with Crippen molar-refractivity contribution in [2.45, 2.75) is 13.8 Å². The maximum Gasteiger partial charge on any atom is 0.275 e. The van der Waals surface area contributed by atoms with Gasteiger partial charge in [0.05, 0.1) is 25.2 Å². The second-order valence-corrected chi connectivity index (χ2v) is 5.85. The number of hydrogen-bond donors (Lipinski definition) is 1. The van der Waals surface area contributed by atoms with Crippen LogP contribution in [0.25, 0.3) is 10.8 Å². The van der Waals surface area contributed by atoms with Crippen molar-refractivity contribution in [3.8, 4) is 22.3 Å². The Morgan fingerprint density at radius 3 is 2.80 bits per heavy atom. The summed E-state index contributed by atoms with van der Waals surface area (Å²) in [5, 5.41) is 5.19. The lowest BCUT2D eigenvalue weighted by Gasteiger charge is -2.13. The lowest BCUT2D eigenvalue weighted by molar-refractivity contribution is 0.102. The minimum absolute atomic E-state index is 0.316. The van der Waals surface area contributed by atoms with Gasteiger partial charge in [-0.1, -0.05) is 0 Å². The van der Waals surface area contributed by atoms with E-state index >= 15 is 0 Å². The SMILES string of the molecule is CCOc1ccc(OCC)c(NC(=O)c2csc(-c3ccco3)n2)c1. The molecule has 1 N–H and O–H groups in total. The van der Waals surface area contributed by atoms with Crippen LogP contribution in [0.4, 0.5) is 5.69 Å². The van der Waals surface area contributed by atoms with Crippen LogP contribution >= 0.6 is 11.3 Å². The lowest BCUT2D eigenvalue weighted by atomic mass is 10.2. The zero-order chi connectivity index (χ0) is 17.6. The number of furan rings is 1. The molecule has 2 heterocycles. The van der Waals surface area contributed by atoms with Gasteiger partial charge in [-0.15, -0.1) is 11.3 Å². The molecule has 0 saturated carbocycles. The van der Waals surface area contributed by atoms with Crippen LogP contribution < -0.4 is 14.8 Å². The van der Waals surface area contributed by atoms with Gasteiger partial charge < -0.3 is 19.2 Å². The fourth-order valence-corrected chi connectivity index (χ4v) is 2.99. The average Bonchev–Trinajstić information content (AvgIpc) is 3.28. The van der Waals surface area contributed by atoms with Crippen LogP contribution in [-0.4, -0.2) is 24.1 Å². The number of carbonyl (C=O) groups excluding carboxylic acids is 1. The number of aromatic nitrogens is 1. The summed E-state index contributed by atoms with van der Waals surface area (Å²) in [6.07, 6.45) is 1.57. The van der Waals surface area contributed by atoms with Gasteiger partial charge in [-0.3, -0.25) is 4.79 Å². The highest BCUT2D eigenvalue weighted by Crippen LogP contribution is 2.30. The highest BCUT2D eigenvalue weighted by atomic mass is 32.1. The second kappa shape index (κ2) is 7.85. The number of nitrogens with zero attached hydrogens (tertiary/aromatic N) is 1. The van der Waals surface area contributed by atoms with E-state index in [-0.39, 0.29) is 5.91 Å². The predicted octanol–water partition coefficient (Wildman–Crippen LogP) is 4.45. The molecule has 3 aromatic rings. The first-order valence-corrected chi connectivity index (χ1v) is 8.79. The first-order valence-electron chi connectivity index (χ1n) is 7.91. The van der Waals surface area contributed by atoms with Gasteiger partial charge in [-0.2, -0.15) is 0 Å². The van der Waals surface area contributed by atoms with Crippen LogP contribution in [0.3, 0.4) is 0 Å². The van der Waals surface area contributed by atoms with Crippen LogP contribution in [0.5, 0.6) is 11.5 Å². The van der Waals surface area contributed by atoms with Gasteiger partial charge in [0, 0.05) is 11.4 Å². The zero-order valence-electron chi connectivity index (χ0n) is 13.9. The smallest absolute Gasteiger partial charge is 0.275 e. The molecule has 6 nitrogen and oxygen atoms in total. The Morgan fingerprint density at radius 2 is 2.08 bits per heavy atom. The van der Waals surface area contributed by atoms with Crippen molar-refractivity contribution in [1.82, 2.24) is 4.98 Å². The predicted molar refractivity (Wildman–Crippen MR) is 96.5 cm³/mol. The minimum Gasteiger partial charge on any atom is -0.494 e. The summed E-state index contributed by atoms with van der Waals surface area (Å²) in [6.45, 7) is 4.83. The monoisotopic (exact) mass is 358 g/mol. The van der Waals surface area contributed by atoms with Gasteiger partial charge in [0.25, 0.3) is 5.91 Å². The number of benzene rings is 1.